The molecule has 0 bridgehead atoms. The highest BCUT2D eigenvalue weighted by Crippen LogP contribution is 2.31. The summed E-state index contributed by atoms with van der Waals surface area (Å²) in [6, 6.07) is 8.18. The fourth-order valence-corrected chi connectivity index (χ4v) is 1.97. The lowest BCUT2D eigenvalue weighted by molar-refractivity contribution is 0.583. The SMILES string of the molecule is Cc1ccc(CN)cc1-c1c(F)ccc(C)c1F. The number of rotatable bonds is 2. The van der Waals surface area contributed by atoms with Crippen LogP contribution in [-0.2, 0) is 6.54 Å². The highest BCUT2D eigenvalue weighted by Gasteiger charge is 2.15. The van der Waals surface area contributed by atoms with Crippen molar-refractivity contribution in [3.8, 4) is 11.1 Å². The van der Waals surface area contributed by atoms with Crippen LogP contribution < -0.4 is 5.73 Å². The second kappa shape index (κ2) is 4.86. The van der Waals surface area contributed by atoms with E-state index in [9.17, 15) is 8.78 Å². The summed E-state index contributed by atoms with van der Waals surface area (Å²) in [5.74, 6) is -1.05. The molecule has 0 aliphatic rings. The van der Waals surface area contributed by atoms with Crippen LogP contribution in [0.4, 0.5) is 8.78 Å². The van der Waals surface area contributed by atoms with Gasteiger partial charge in [0.05, 0.1) is 5.56 Å². The van der Waals surface area contributed by atoms with Crippen molar-refractivity contribution in [1.82, 2.24) is 0 Å². The van der Waals surface area contributed by atoms with Gasteiger partial charge in [-0.25, -0.2) is 8.78 Å². The first-order valence-corrected chi connectivity index (χ1v) is 5.79. The van der Waals surface area contributed by atoms with E-state index in [4.69, 9.17) is 5.73 Å². The van der Waals surface area contributed by atoms with E-state index in [1.54, 1.807) is 13.0 Å². The van der Waals surface area contributed by atoms with E-state index >= 15 is 0 Å². The summed E-state index contributed by atoms with van der Waals surface area (Å²) in [5.41, 5.74) is 8.28. The van der Waals surface area contributed by atoms with Crippen molar-refractivity contribution in [3.05, 3.63) is 58.7 Å². The zero-order chi connectivity index (χ0) is 13.3. The Bertz CT molecular complexity index is 591. The third kappa shape index (κ3) is 2.14. The quantitative estimate of drug-likeness (QED) is 0.860. The molecule has 2 aromatic carbocycles. The van der Waals surface area contributed by atoms with Crippen molar-refractivity contribution in [2.75, 3.05) is 0 Å². The van der Waals surface area contributed by atoms with E-state index in [1.165, 1.54) is 12.1 Å². The van der Waals surface area contributed by atoms with E-state index in [1.807, 2.05) is 19.1 Å². The molecule has 0 radical (unpaired) electrons. The average Bonchev–Trinajstić information content (AvgIpc) is 2.36. The van der Waals surface area contributed by atoms with E-state index in [-0.39, 0.29) is 5.56 Å². The van der Waals surface area contributed by atoms with Crippen LogP contribution in [0, 0.1) is 25.5 Å². The molecule has 1 nitrogen and oxygen atoms in total. The predicted molar refractivity (Wildman–Crippen MR) is 69.2 cm³/mol. The molecule has 0 amide bonds. The zero-order valence-corrected chi connectivity index (χ0v) is 10.4. The van der Waals surface area contributed by atoms with Gasteiger partial charge in [-0.1, -0.05) is 18.2 Å². The van der Waals surface area contributed by atoms with Gasteiger partial charge in [-0.2, -0.15) is 0 Å². The number of halogens is 2. The minimum Gasteiger partial charge on any atom is -0.326 e. The van der Waals surface area contributed by atoms with Gasteiger partial charge in [0.25, 0.3) is 0 Å². The molecule has 0 saturated carbocycles. The number of hydrogen-bond acceptors (Lipinski definition) is 1. The molecule has 0 aliphatic carbocycles. The molecule has 3 heteroatoms. The third-order valence-electron chi connectivity index (χ3n) is 3.09. The molecule has 94 valence electrons. The van der Waals surface area contributed by atoms with Gasteiger partial charge in [0.2, 0.25) is 0 Å². The summed E-state index contributed by atoms with van der Waals surface area (Å²) >= 11 is 0. The number of aryl methyl sites for hydroxylation is 2. The van der Waals surface area contributed by atoms with E-state index < -0.39 is 11.6 Å². The van der Waals surface area contributed by atoms with Crippen LogP contribution in [0.1, 0.15) is 16.7 Å². The van der Waals surface area contributed by atoms with Crippen molar-refractivity contribution in [2.45, 2.75) is 20.4 Å². The van der Waals surface area contributed by atoms with Crippen LogP contribution in [0.15, 0.2) is 30.3 Å². The van der Waals surface area contributed by atoms with Crippen LogP contribution >= 0.6 is 0 Å². The molecule has 2 rings (SSSR count). The fourth-order valence-electron chi connectivity index (χ4n) is 1.97. The average molecular weight is 247 g/mol. The molecule has 0 fully saturated rings. The normalized spacial score (nSPS) is 10.7. The molecule has 0 aromatic heterocycles. The molecule has 2 N–H and O–H groups in total. The Balaban J connectivity index is 2.72. The van der Waals surface area contributed by atoms with Crippen LogP contribution in [0.25, 0.3) is 11.1 Å². The van der Waals surface area contributed by atoms with Gasteiger partial charge < -0.3 is 5.73 Å². The molecule has 2 aromatic rings. The van der Waals surface area contributed by atoms with E-state index in [2.05, 4.69) is 0 Å². The molecular weight excluding hydrogens is 232 g/mol. The highest BCUT2D eigenvalue weighted by molar-refractivity contribution is 5.70. The molecule has 0 heterocycles. The van der Waals surface area contributed by atoms with Crippen molar-refractivity contribution >= 4 is 0 Å². The lowest BCUT2D eigenvalue weighted by Gasteiger charge is -2.11. The van der Waals surface area contributed by atoms with Crippen LogP contribution in [0.3, 0.4) is 0 Å². The highest BCUT2D eigenvalue weighted by atomic mass is 19.1. The molecule has 0 unspecified atom stereocenters. The molecule has 0 atom stereocenters. The maximum atomic E-state index is 14.1. The maximum Gasteiger partial charge on any atom is 0.136 e. The van der Waals surface area contributed by atoms with Gasteiger partial charge in [0.15, 0.2) is 0 Å². The molecule has 0 saturated heterocycles. The zero-order valence-electron chi connectivity index (χ0n) is 10.4. The van der Waals surface area contributed by atoms with E-state index in [0.717, 1.165) is 11.1 Å². The monoisotopic (exact) mass is 247 g/mol. The summed E-state index contributed by atoms with van der Waals surface area (Å²) in [5, 5.41) is 0. The van der Waals surface area contributed by atoms with Crippen LogP contribution in [0.2, 0.25) is 0 Å². The van der Waals surface area contributed by atoms with Crippen molar-refractivity contribution in [2.24, 2.45) is 5.73 Å². The Hall–Kier alpha value is -1.74. The maximum absolute atomic E-state index is 14.1. The summed E-state index contributed by atoms with van der Waals surface area (Å²) < 4.78 is 28.0. The Labute approximate surface area is 105 Å². The van der Waals surface area contributed by atoms with Gasteiger partial charge in [0.1, 0.15) is 11.6 Å². The van der Waals surface area contributed by atoms with E-state index in [0.29, 0.717) is 17.7 Å². The van der Waals surface area contributed by atoms with Gasteiger partial charge >= 0.3 is 0 Å². The lowest BCUT2D eigenvalue weighted by atomic mass is 9.96. The first kappa shape index (κ1) is 12.7. The summed E-state index contributed by atoms with van der Waals surface area (Å²) in [4.78, 5) is 0. The Morgan fingerprint density at radius 1 is 1.00 bits per heavy atom. The van der Waals surface area contributed by atoms with Gasteiger partial charge in [0, 0.05) is 6.54 Å². The van der Waals surface area contributed by atoms with Gasteiger partial charge in [-0.15, -0.1) is 0 Å². The lowest BCUT2D eigenvalue weighted by Crippen LogP contribution is -2.00. The molecule has 0 aliphatic heterocycles. The fraction of sp³-hybridized carbons (Fsp3) is 0.200. The Kier molecular flexibility index (Phi) is 3.43. The largest absolute Gasteiger partial charge is 0.326 e. The number of nitrogens with two attached hydrogens (primary N) is 1. The Morgan fingerprint density at radius 2 is 1.67 bits per heavy atom. The first-order chi connectivity index (χ1) is 8.54. The van der Waals surface area contributed by atoms with Crippen molar-refractivity contribution in [3.63, 3.8) is 0 Å². The topological polar surface area (TPSA) is 26.0 Å². The third-order valence-corrected chi connectivity index (χ3v) is 3.09. The predicted octanol–water partition coefficient (Wildman–Crippen LogP) is 3.71. The summed E-state index contributed by atoms with van der Waals surface area (Å²) in [6.45, 7) is 3.81. The van der Waals surface area contributed by atoms with Crippen molar-refractivity contribution in [1.29, 1.82) is 0 Å². The minimum atomic E-state index is -0.546. The van der Waals surface area contributed by atoms with Gasteiger partial charge in [-0.05, 0) is 48.2 Å². The van der Waals surface area contributed by atoms with Crippen LogP contribution in [0.5, 0.6) is 0 Å². The standard InChI is InChI=1S/C15H15F2N/c1-9-3-5-11(8-18)7-12(9)14-13(16)6-4-10(2)15(14)17/h3-7H,8,18H2,1-2H3. The number of benzene rings is 2. The van der Waals surface area contributed by atoms with Crippen molar-refractivity contribution < 1.29 is 8.78 Å². The second-order valence-corrected chi connectivity index (χ2v) is 4.41. The van der Waals surface area contributed by atoms with Gasteiger partial charge in [-0.3, -0.25) is 0 Å². The summed E-state index contributed by atoms with van der Waals surface area (Å²) in [6.07, 6.45) is 0. The molecule has 18 heavy (non-hydrogen) atoms. The van der Waals surface area contributed by atoms with Crippen LogP contribution in [-0.4, -0.2) is 0 Å². The second-order valence-electron chi connectivity index (χ2n) is 4.41. The Morgan fingerprint density at radius 3 is 2.33 bits per heavy atom. The first-order valence-electron chi connectivity index (χ1n) is 5.79. The summed E-state index contributed by atoms with van der Waals surface area (Å²) in [7, 11) is 0. The number of hydrogen-bond donors (Lipinski definition) is 1. The molecule has 0 spiro atoms. The smallest absolute Gasteiger partial charge is 0.136 e. The minimum absolute atomic E-state index is 0.0304. The molecular formula is C15H15F2N.